The minimum absolute atomic E-state index is 0.0424. The number of hydrogen-bond acceptors (Lipinski definition) is 10. The molecule has 1 amide bonds. The lowest BCUT2D eigenvalue weighted by atomic mass is 9.86. The third-order valence-corrected chi connectivity index (χ3v) is 8.89. The summed E-state index contributed by atoms with van der Waals surface area (Å²) in [6, 6.07) is 37.8. The third kappa shape index (κ3) is 9.23. The number of amides is 1. The van der Waals surface area contributed by atoms with Crippen molar-refractivity contribution in [3.63, 3.8) is 0 Å². The smallest absolute Gasteiger partial charge is 0.408 e. The first-order chi connectivity index (χ1) is 25.3. The van der Waals surface area contributed by atoms with Gasteiger partial charge in [0.2, 0.25) is 0 Å². The van der Waals surface area contributed by atoms with Gasteiger partial charge in [0.25, 0.3) is 0 Å². The Hall–Kier alpha value is -4.62. The van der Waals surface area contributed by atoms with E-state index in [1.54, 1.807) is 13.8 Å². The van der Waals surface area contributed by atoms with Crippen LogP contribution in [0.25, 0.3) is 0 Å². The molecule has 0 unspecified atom stereocenters. The molecule has 4 aromatic carbocycles. The van der Waals surface area contributed by atoms with E-state index in [4.69, 9.17) is 37.9 Å². The maximum absolute atomic E-state index is 14.3. The molecule has 0 radical (unpaired) electrons. The molecule has 0 bridgehead atoms. The molecule has 2 heterocycles. The minimum atomic E-state index is -2.01. The number of benzene rings is 4. The number of esters is 1. The highest BCUT2D eigenvalue weighted by atomic mass is 16.8. The monoisotopic (exact) mass is 711 g/mol. The van der Waals surface area contributed by atoms with E-state index in [1.165, 1.54) is 7.11 Å². The van der Waals surface area contributed by atoms with Crippen molar-refractivity contribution in [1.29, 1.82) is 0 Å². The molecule has 2 saturated heterocycles. The summed E-state index contributed by atoms with van der Waals surface area (Å²) in [7, 11) is 1.24. The first-order valence-corrected chi connectivity index (χ1v) is 17.3. The van der Waals surface area contributed by atoms with Crippen LogP contribution in [-0.2, 0) is 69.1 Å². The van der Waals surface area contributed by atoms with Crippen LogP contribution in [0, 0.1) is 0 Å². The molecule has 4 aromatic rings. The topological polar surface area (TPSA) is 120 Å². The average molecular weight is 712 g/mol. The summed E-state index contributed by atoms with van der Waals surface area (Å²) in [6.45, 7) is 3.58. The van der Waals surface area contributed by atoms with Gasteiger partial charge in [-0.05, 0) is 36.1 Å². The Labute approximate surface area is 304 Å². The highest BCUT2D eigenvalue weighted by Crippen LogP contribution is 2.43. The zero-order valence-corrected chi connectivity index (χ0v) is 29.6. The quantitative estimate of drug-likeness (QED) is 0.137. The van der Waals surface area contributed by atoms with Crippen molar-refractivity contribution in [2.75, 3.05) is 13.7 Å². The predicted molar refractivity (Wildman–Crippen MR) is 189 cm³/mol. The Kier molecular flexibility index (Phi) is 12.3. The molecule has 0 aromatic heterocycles. The van der Waals surface area contributed by atoms with Gasteiger partial charge in [0, 0.05) is 0 Å². The number of fused-ring (bicyclic) bond motifs is 1. The van der Waals surface area contributed by atoms with Crippen molar-refractivity contribution in [3.05, 3.63) is 144 Å². The van der Waals surface area contributed by atoms with Crippen LogP contribution in [0.3, 0.4) is 0 Å². The number of carbonyl (C=O) groups is 2. The van der Waals surface area contributed by atoms with Gasteiger partial charge in [-0.2, -0.15) is 0 Å². The van der Waals surface area contributed by atoms with Crippen LogP contribution < -0.4 is 5.32 Å². The Bertz CT molecular complexity index is 1710. The van der Waals surface area contributed by atoms with E-state index in [0.29, 0.717) is 0 Å². The van der Waals surface area contributed by atoms with Gasteiger partial charge in [0.05, 0.1) is 33.5 Å². The van der Waals surface area contributed by atoms with E-state index in [-0.39, 0.29) is 33.0 Å². The highest BCUT2D eigenvalue weighted by molar-refractivity contribution is 5.87. The van der Waals surface area contributed by atoms with E-state index < -0.39 is 54.1 Å². The largest absolute Gasteiger partial charge is 0.467 e. The van der Waals surface area contributed by atoms with Gasteiger partial charge in [-0.25, -0.2) is 9.59 Å². The second-order valence-electron chi connectivity index (χ2n) is 13.2. The molecule has 274 valence electrons. The highest BCUT2D eigenvalue weighted by Gasteiger charge is 2.64. The maximum Gasteiger partial charge on any atom is 0.408 e. The minimum Gasteiger partial charge on any atom is -0.467 e. The van der Waals surface area contributed by atoms with Crippen molar-refractivity contribution in [2.45, 2.75) is 82.3 Å². The van der Waals surface area contributed by atoms with Crippen LogP contribution in [0.4, 0.5) is 4.79 Å². The van der Waals surface area contributed by atoms with Gasteiger partial charge >= 0.3 is 12.1 Å². The lowest BCUT2D eigenvalue weighted by molar-refractivity contribution is -0.256. The number of nitrogens with one attached hydrogen (secondary N) is 1. The van der Waals surface area contributed by atoms with Crippen molar-refractivity contribution >= 4 is 12.1 Å². The number of alkyl carbamates (subject to hydrolysis) is 1. The molecule has 0 saturated carbocycles. The third-order valence-electron chi connectivity index (χ3n) is 8.89. The fourth-order valence-electron chi connectivity index (χ4n) is 6.44. The number of methoxy groups -OCH3 is 1. The molecular weight excluding hydrogens is 666 g/mol. The summed E-state index contributed by atoms with van der Waals surface area (Å²) in [5.41, 5.74) is 1.36. The van der Waals surface area contributed by atoms with E-state index in [2.05, 4.69) is 5.32 Å². The molecule has 2 fully saturated rings. The van der Waals surface area contributed by atoms with Gasteiger partial charge in [0.1, 0.15) is 31.0 Å². The van der Waals surface area contributed by atoms with Crippen LogP contribution >= 0.6 is 0 Å². The van der Waals surface area contributed by atoms with Crippen molar-refractivity contribution in [3.8, 4) is 0 Å². The van der Waals surface area contributed by atoms with E-state index in [0.717, 1.165) is 22.3 Å². The summed E-state index contributed by atoms with van der Waals surface area (Å²) in [6.07, 6.45) is -5.57. The number of hydrogen-bond donors (Lipinski definition) is 1. The molecule has 6 rings (SSSR count). The van der Waals surface area contributed by atoms with Crippen molar-refractivity contribution in [1.82, 2.24) is 5.32 Å². The van der Waals surface area contributed by atoms with Gasteiger partial charge < -0.3 is 43.2 Å². The fourth-order valence-corrected chi connectivity index (χ4v) is 6.44. The molecule has 11 heteroatoms. The number of ether oxygens (including phenoxy) is 8. The molecular formula is C41H45NO10. The van der Waals surface area contributed by atoms with Gasteiger partial charge in [-0.15, -0.1) is 0 Å². The van der Waals surface area contributed by atoms with Gasteiger partial charge in [0.15, 0.2) is 17.6 Å². The van der Waals surface area contributed by atoms with Crippen molar-refractivity contribution in [2.24, 2.45) is 0 Å². The molecule has 2 aliphatic rings. The summed E-state index contributed by atoms with van der Waals surface area (Å²) >= 11 is 0. The van der Waals surface area contributed by atoms with Crippen LogP contribution in [0.5, 0.6) is 0 Å². The van der Waals surface area contributed by atoms with Gasteiger partial charge in [-0.3, -0.25) is 0 Å². The van der Waals surface area contributed by atoms with E-state index in [9.17, 15) is 9.59 Å². The SMILES string of the molecule is COC(=O)[C@](COCc1ccccc1)(NC(=O)OCc1ccccc1)[C@@H](OCc1ccccc1)[C@H]1O[C@H](OCc2ccccc2)[C@H]2OC(C)(C)O[C@H]21. The summed E-state index contributed by atoms with van der Waals surface area (Å²) < 4.78 is 49.7. The molecule has 6 atom stereocenters. The molecule has 2 aliphatic heterocycles. The predicted octanol–water partition coefficient (Wildman–Crippen LogP) is 6.09. The Morgan fingerprint density at radius 2 is 1.21 bits per heavy atom. The Morgan fingerprint density at radius 1 is 0.712 bits per heavy atom. The summed E-state index contributed by atoms with van der Waals surface area (Å²) in [5.74, 6) is -1.85. The zero-order chi connectivity index (χ0) is 36.4. The molecule has 1 N–H and O–H groups in total. The normalized spacial score (nSPS) is 22.1. The van der Waals surface area contributed by atoms with Crippen LogP contribution in [0.2, 0.25) is 0 Å². The fraction of sp³-hybridized carbons (Fsp3) is 0.366. The van der Waals surface area contributed by atoms with E-state index >= 15 is 0 Å². The second kappa shape index (κ2) is 17.3. The lowest BCUT2D eigenvalue weighted by Crippen LogP contribution is -2.70. The summed E-state index contributed by atoms with van der Waals surface area (Å²) in [5, 5.41) is 2.82. The van der Waals surface area contributed by atoms with E-state index in [1.807, 2.05) is 121 Å². The molecule has 0 aliphatic carbocycles. The standard InChI is InChI=1S/C41H45NO10/c1-40(2)51-33-34(50-37(35(33)52-40)48-26-31-20-12-6-13-21-31)36(47-25-30-18-10-5-11-19-30)41(38(43)45-3,28-46-24-29-16-8-4-9-17-29)42-39(44)49-27-32-22-14-7-15-23-32/h4-23,33-37H,24-28H2,1-3H3,(H,42,44)/t33-,34-,35-,36-,37-,41+/m0/s1. The second-order valence-corrected chi connectivity index (χ2v) is 13.2. The molecule has 0 spiro atoms. The first-order valence-electron chi connectivity index (χ1n) is 17.3. The Balaban J connectivity index is 1.36. The van der Waals surface area contributed by atoms with Gasteiger partial charge in [-0.1, -0.05) is 121 Å². The number of rotatable bonds is 16. The van der Waals surface area contributed by atoms with Crippen LogP contribution in [-0.4, -0.2) is 67.8 Å². The Morgan fingerprint density at radius 3 is 1.77 bits per heavy atom. The van der Waals surface area contributed by atoms with Crippen molar-refractivity contribution < 1.29 is 47.5 Å². The lowest BCUT2D eigenvalue weighted by Gasteiger charge is -2.41. The van der Waals surface area contributed by atoms with Crippen LogP contribution in [0.15, 0.2) is 121 Å². The molecule has 52 heavy (non-hydrogen) atoms. The summed E-state index contributed by atoms with van der Waals surface area (Å²) in [4.78, 5) is 28.1. The number of carbonyl (C=O) groups excluding carboxylic acids is 2. The van der Waals surface area contributed by atoms with Crippen LogP contribution in [0.1, 0.15) is 36.1 Å². The molecule has 11 nitrogen and oxygen atoms in total. The first kappa shape index (κ1) is 37.1. The average Bonchev–Trinajstić information content (AvgIpc) is 3.66. The zero-order valence-electron chi connectivity index (χ0n) is 29.6. The maximum atomic E-state index is 14.3.